The van der Waals surface area contributed by atoms with Crippen LogP contribution in [0.25, 0.3) is 11.0 Å². The maximum Gasteiger partial charge on any atom is 0.251 e. The summed E-state index contributed by atoms with van der Waals surface area (Å²) in [6.45, 7) is 0.230. The van der Waals surface area contributed by atoms with E-state index >= 15 is 0 Å². The molecule has 0 aliphatic heterocycles. The molecule has 0 saturated heterocycles. The van der Waals surface area contributed by atoms with Gasteiger partial charge in [0.25, 0.3) is 5.91 Å². The number of aryl methyl sites for hydroxylation is 1. The van der Waals surface area contributed by atoms with Crippen LogP contribution in [0.5, 0.6) is 5.75 Å². The highest BCUT2D eigenvalue weighted by molar-refractivity contribution is 6.07. The number of ether oxygens (including phenoxy) is 1. The lowest BCUT2D eigenvalue weighted by Crippen LogP contribution is -2.16. The minimum absolute atomic E-state index is 0.230. The van der Waals surface area contributed by atoms with Crippen LogP contribution in [0, 0.1) is 0 Å². The van der Waals surface area contributed by atoms with Crippen molar-refractivity contribution < 1.29 is 9.53 Å². The number of hydrogen-bond acceptors (Lipinski definition) is 4. The second-order valence-corrected chi connectivity index (χ2v) is 3.70. The molecule has 0 atom stereocenters. The molecule has 0 fully saturated rings. The number of aromatic nitrogens is 2. The predicted molar refractivity (Wildman–Crippen MR) is 63.7 cm³/mol. The summed E-state index contributed by atoms with van der Waals surface area (Å²) in [7, 11) is 3.34. The van der Waals surface area contributed by atoms with Gasteiger partial charge in [-0.15, -0.1) is 0 Å². The van der Waals surface area contributed by atoms with Crippen molar-refractivity contribution >= 4 is 16.9 Å². The molecule has 0 saturated carbocycles. The monoisotopic (exact) mass is 234 g/mol. The summed E-state index contributed by atoms with van der Waals surface area (Å²) < 4.78 is 6.86. The highest BCUT2D eigenvalue weighted by Crippen LogP contribution is 2.26. The fourth-order valence-electron chi connectivity index (χ4n) is 1.97. The molecule has 17 heavy (non-hydrogen) atoms. The summed E-state index contributed by atoms with van der Waals surface area (Å²) in [5.41, 5.74) is 12.8. The molecule has 2 aromatic rings. The van der Waals surface area contributed by atoms with Gasteiger partial charge in [0, 0.05) is 24.7 Å². The van der Waals surface area contributed by atoms with E-state index in [0.29, 0.717) is 28.0 Å². The number of nitrogens with two attached hydrogens (primary N) is 2. The van der Waals surface area contributed by atoms with Gasteiger partial charge in [-0.25, -0.2) is 4.98 Å². The van der Waals surface area contributed by atoms with Gasteiger partial charge < -0.3 is 20.8 Å². The van der Waals surface area contributed by atoms with Crippen LogP contribution >= 0.6 is 0 Å². The van der Waals surface area contributed by atoms with E-state index < -0.39 is 5.91 Å². The number of fused-ring (bicyclic) bond motifs is 1. The van der Waals surface area contributed by atoms with Crippen molar-refractivity contribution in [3.05, 3.63) is 23.5 Å². The van der Waals surface area contributed by atoms with Crippen LogP contribution in [0.15, 0.2) is 12.3 Å². The molecule has 6 heteroatoms. The number of methoxy groups -OCH3 is 1. The molecular weight excluding hydrogens is 220 g/mol. The van der Waals surface area contributed by atoms with Crippen LogP contribution < -0.4 is 16.2 Å². The summed E-state index contributed by atoms with van der Waals surface area (Å²) in [5.74, 6) is 0.0697. The van der Waals surface area contributed by atoms with Crippen molar-refractivity contribution in [2.24, 2.45) is 18.5 Å². The van der Waals surface area contributed by atoms with E-state index in [1.54, 1.807) is 31.0 Å². The van der Waals surface area contributed by atoms with Crippen LogP contribution in [-0.4, -0.2) is 22.6 Å². The molecule has 0 aliphatic rings. The molecule has 90 valence electrons. The highest BCUT2D eigenvalue weighted by atomic mass is 16.5. The summed E-state index contributed by atoms with van der Waals surface area (Å²) >= 11 is 0. The van der Waals surface area contributed by atoms with Gasteiger partial charge in [0.1, 0.15) is 11.4 Å². The summed E-state index contributed by atoms with van der Waals surface area (Å²) in [4.78, 5) is 15.7. The van der Waals surface area contributed by atoms with Crippen LogP contribution in [0.1, 0.15) is 16.1 Å². The van der Waals surface area contributed by atoms with Gasteiger partial charge in [0.05, 0.1) is 18.9 Å². The first-order chi connectivity index (χ1) is 8.10. The standard InChI is InChI=1S/C11H14N4O2/c1-15-8(4-12)9(10(13)16)7-3-6(17-2)5-14-11(7)15/h3,5H,4,12H2,1-2H3,(H2,13,16). The Balaban J connectivity index is 2.86. The third kappa shape index (κ3) is 1.62. The molecule has 2 rings (SSSR count). The maximum absolute atomic E-state index is 11.5. The molecule has 6 nitrogen and oxygen atoms in total. The van der Waals surface area contributed by atoms with Crippen molar-refractivity contribution in [1.82, 2.24) is 9.55 Å². The molecule has 1 amide bonds. The van der Waals surface area contributed by atoms with Gasteiger partial charge in [-0.3, -0.25) is 4.79 Å². The fourth-order valence-corrected chi connectivity index (χ4v) is 1.97. The van der Waals surface area contributed by atoms with Crippen LogP contribution in [0.2, 0.25) is 0 Å². The first-order valence-electron chi connectivity index (χ1n) is 5.11. The molecule has 0 bridgehead atoms. The van der Waals surface area contributed by atoms with E-state index in [0.717, 1.165) is 0 Å². The zero-order chi connectivity index (χ0) is 12.6. The average molecular weight is 234 g/mol. The number of amides is 1. The van der Waals surface area contributed by atoms with E-state index in [4.69, 9.17) is 16.2 Å². The van der Waals surface area contributed by atoms with Crippen molar-refractivity contribution in [1.29, 1.82) is 0 Å². The smallest absolute Gasteiger partial charge is 0.251 e. The zero-order valence-corrected chi connectivity index (χ0v) is 9.73. The number of hydrogen-bond donors (Lipinski definition) is 2. The third-order valence-corrected chi connectivity index (χ3v) is 2.80. The summed E-state index contributed by atoms with van der Waals surface area (Å²) in [6.07, 6.45) is 1.59. The molecule has 2 heterocycles. The van der Waals surface area contributed by atoms with Gasteiger partial charge in [-0.05, 0) is 6.07 Å². The number of primary amides is 1. The van der Waals surface area contributed by atoms with Crippen molar-refractivity contribution in [3.8, 4) is 5.75 Å². The van der Waals surface area contributed by atoms with E-state index in [1.165, 1.54) is 0 Å². The van der Waals surface area contributed by atoms with Crippen molar-refractivity contribution in [2.45, 2.75) is 6.54 Å². The minimum atomic E-state index is -0.508. The Kier molecular flexibility index (Phi) is 2.72. The second-order valence-electron chi connectivity index (χ2n) is 3.70. The highest BCUT2D eigenvalue weighted by Gasteiger charge is 2.19. The van der Waals surface area contributed by atoms with Gasteiger partial charge >= 0.3 is 0 Å². The molecule has 2 aromatic heterocycles. The summed E-state index contributed by atoms with van der Waals surface area (Å²) in [5, 5.41) is 0.666. The Morgan fingerprint density at radius 1 is 1.59 bits per heavy atom. The first-order valence-corrected chi connectivity index (χ1v) is 5.11. The van der Waals surface area contributed by atoms with Gasteiger partial charge in [-0.1, -0.05) is 0 Å². The number of carbonyl (C=O) groups excluding carboxylic acids is 1. The lowest BCUT2D eigenvalue weighted by molar-refractivity contribution is 0.100. The van der Waals surface area contributed by atoms with Gasteiger partial charge in [-0.2, -0.15) is 0 Å². The maximum atomic E-state index is 11.5. The van der Waals surface area contributed by atoms with Crippen LogP contribution in [0.3, 0.4) is 0 Å². The molecule has 4 N–H and O–H groups in total. The van der Waals surface area contributed by atoms with Crippen LogP contribution in [0.4, 0.5) is 0 Å². The quantitative estimate of drug-likeness (QED) is 0.789. The SMILES string of the molecule is COc1cnc2c(c1)c(C(N)=O)c(CN)n2C. The van der Waals surface area contributed by atoms with E-state index in [2.05, 4.69) is 4.98 Å². The predicted octanol–water partition coefficient (Wildman–Crippen LogP) is 0.139. The third-order valence-electron chi connectivity index (χ3n) is 2.80. The summed E-state index contributed by atoms with van der Waals surface area (Å²) in [6, 6.07) is 1.74. The largest absolute Gasteiger partial charge is 0.495 e. The van der Waals surface area contributed by atoms with E-state index in [9.17, 15) is 4.79 Å². The Morgan fingerprint density at radius 2 is 2.29 bits per heavy atom. The zero-order valence-electron chi connectivity index (χ0n) is 9.73. The van der Waals surface area contributed by atoms with Crippen LogP contribution in [-0.2, 0) is 13.6 Å². The first kappa shape index (κ1) is 11.4. The molecule has 0 radical (unpaired) electrons. The Labute approximate surface area is 98.2 Å². The van der Waals surface area contributed by atoms with E-state index in [1.807, 2.05) is 0 Å². The number of pyridine rings is 1. The fraction of sp³-hybridized carbons (Fsp3) is 0.273. The molecule has 0 aromatic carbocycles. The van der Waals surface area contributed by atoms with Gasteiger partial charge in [0.2, 0.25) is 0 Å². The number of rotatable bonds is 3. The lowest BCUT2D eigenvalue weighted by atomic mass is 10.1. The molecule has 0 unspecified atom stereocenters. The molecule has 0 spiro atoms. The Bertz CT molecular complexity index is 589. The molecular formula is C11H14N4O2. The van der Waals surface area contributed by atoms with Crippen molar-refractivity contribution in [3.63, 3.8) is 0 Å². The Morgan fingerprint density at radius 3 is 2.82 bits per heavy atom. The second kappa shape index (κ2) is 4.06. The number of nitrogens with zero attached hydrogens (tertiary/aromatic N) is 2. The Hall–Kier alpha value is -2.08. The number of carbonyl (C=O) groups is 1. The van der Waals surface area contributed by atoms with E-state index in [-0.39, 0.29) is 6.54 Å². The lowest BCUT2D eigenvalue weighted by Gasteiger charge is -2.01. The average Bonchev–Trinajstić information content (AvgIpc) is 2.61. The normalized spacial score (nSPS) is 10.8. The van der Waals surface area contributed by atoms with Crippen molar-refractivity contribution in [2.75, 3.05) is 7.11 Å². The topological polar surface area (TPSA) is 96.2 Å². The van der Waals surface area contributed by atoms with Gasteiger partial charge in [0.15, 0.2) is 0 Å². The minimum Gasteiger partial charge on any atom is -0.495 e. The molecule has 0 aliphatic carbocycles.